The number of sulfonamides is 1. The van der Waals surface area contributed by atoms with Crippen LogP contribution >= 0.6 is 0 Å². The van der Waals surface area contributed by atoms with Gasteiger partial charge in [-0.2, -0.15) is 5.10 Å². The highest BCUT2D eigenvalue weighted by Gasteiger charge is 2.30. The highest BCUT2D eigenvalue weighted by Crippen LogP contribution is 2.42. The van der Waals surface area contributed by atoms with Crippen LogP contribution in [0.1, 0.15) is 36.1 Å². The molecule has 1 fully saturated rings. The molecule has 40 heavy (non-hydrogen) atoms. The van der Waals surface area contributed by atoms with E-state index in [-0.39, 0.29) is 28.8 Å². The van der Waals surface area contributed by atoms with Crippen LogP contribution in [0, 0.1) is 0 Å². The molecule has 0 bridgehead atoms. The van der Waals surface area contributed by atoms with Gasteiger partial charge in [0.25, 0.3) is 10.0 Å². The van der Waals surface area contributed by atoms with Gasteiger partial charge in [-0.1, -0.05) is 5.16 Å². The molecule has 3 N–H and O–H groups in total. The van der Waals surface area contributed by atoms with Gasteiger partial charge in [0, 0.05) is 38.0 Å². The Morgan fingerprint density at radius 1 is 1.00 bits per heavy atom. The van der Waals surface area contributed by atoms with Gasteiger partial charge in [-0.05, 0) is 36.6 Å². The second kappa shape index (κ2) is 11.2. The summed E-state index contributed by atoms with van der Waals surface area (Å²) in [6.07, 6.45) is 1.84. The van der Waals surface area contributed by atoms with E-state index in [2.05, 4.69) is 25.4 Å². The predicted octanol–water partition coefficient (Wildman–Crippen LogP) is 4.33. The van der Waals surface area contributed by atoms with Gasteiger partial charge in [-0.25, -0.2) is 8.42 Å². The lowest BCUT2D eigenvalue weighted by molar-refractivity contribution is 0.0272. The van der Waals surface area contributed by atoms with Crippen LogP contribution in [0.2, 0.25) is 0 Å². The molecule has 2 aromatic carbocycles. The maximum Gasteiger partial charge on any atom is 0.270 e. The lowest BCUT2D eigenvalue weighted by Gasteiger charge is -2.20. The Balaban J connectivity index is 1.47. The molecule has 2 heterocycles. The molecule has 2 aromatic heterocycles. The van der Waals surface area contributed by atoms with Crippen LogP contribution in [-0.2, 0) is 19.5 Å². The third kappa shape index (κ3) is 5.37. The molecule has 214 valence electrons. The van der Waals surface area contributed by atoms with Crippen molar-refractivity contribution < 1.29 is 36.6 Å². The van der Waals surface area contributed by atoms with Crippen molar-refractivity contribution in [2.45, 2.75) is 29.8 Å². The van der Waals surface area contributed by atoms with Crippen LogP contribution in [0.15, 0.2) is 39.8 Å². The van der Waals surface area contributed by atoms with Crippen molar-refractivity contribution in [2.75, 3.05) is 52.2 Å². The third-order valence-electron chi connectivity index (χ3n) is 6.63. The van der Waals surface area contributed by atoms with E-state index in [1.807, 2.05) is 6.07 Å². The topological polar surface area (TPSA) is 159 Å². The third-order valence-corrected chi connectivity index (χ3v) is 8.03. The first kappa shape index (κ1) is 27.6. The number of hydrogen-bond donors (Lipinski definition) is 3. The van der Waals surface area contributed by atoms with E-state index in [0.717, 1.165) is 18.5 Å². The zero-order chi connectivity index (χ0) is 28.4. The Hall–Kier alpha value is -4.01. The van der Waals surface area contributed by atoms with E-state index in [4.69, 9.17) is 28.2 Å². The van der Waals surface area contributed by atoms with Crippen molar-refractivity contribution in [1.82, 2.24) is 15.4 Å². The van der Waals surface area contributed by atoms with Crippen molar-refractivity contribution in [2.24, 2.45) is 0 Å². The first-order valence-electron chi connectivity index (χ1n) is 12.4. The molecule has 0 spiro atoms. The van der Waals surface area contributed by atoms with Gasteiger partial charge < -0.3 is 33.5 Å². The number of H-pyrrole nitrogens is 1. The number of benzene rings is 2. The van der Waals surface area contributed by atoms with Gasteiger partial charge in [0.05, 0.1) is 39.0 Å². The van der Waals surface area contributed by atoms with E-state index in [0.29, 0.717) is 39.7 Å². The van der Waals surface area contributed by atoms with Gasteiger partial charge in [0.15, 0.2) is 22.1 Å². The Labute approximate surface area is 231 Å². The van der Waals surface area contributed by atoms with Gasteiger partial charge in [0.2, 0.25) is 0 Å². The molecular formula is C26H31N5O8S. The van der Waals surface area contributed by atoms with Crippen LogP contribution in [0.3, 0.4) is 0 Å². The molecule has 0 saturated heterocycles. The Morgan fingerprint density at radius 2 is 1.70 bits per heavy atom. The molecule has 5 rings (SSSR count). The first-order valence-corrected chi connectivity index (χ1v) is 13.9. The summed E-state index contributed by atoms with van der Waals surface area (Å²) in [5.41, 5.74) is 2.61. The Bertz CT molecular complexity index is 1590. The summed E-state index contributed by atoms with van der Waals surface area (Å²) in [4.78, 5) is -0.208. The van der Waals surface area contributed by atoms with Gasteiger partial charge in [-0.3, -0.25) is 9.82 Å². The molecule has 4 aromatic rings. The van der Waals surface area contributed by atoms with Crippen LogP contribution in [0.25, 0.3) is 11.0 Å². The molecule has 1 unspecified atom stereocenters. The maximum atomic E-state index is 13.6. The number of nitrogens with zero attached hydrogens (tertiary/aromatic N) is 2. The highest BCUT2D eigenvalue weighted by atomic mass is 32.2. The second-order valence-electron chi connectivity index (χ2n) is 9.23. The van der Waals surface area contributed by atoms with Crippen LogP contribution in [0.5, 0.6) is 17.2 Å². The number of aromatic amines is 1. The van der Waals surface area contributed by atoms with E-state index in [1.54, 1.807) is 31.4 Å². The minimum atomic E-state index is -4.26. The summed E-state index contributed by atoms with van der Waals surface area (Å²) in [7, 11) is 3.06. The van der Waals surface area contributed by atoms with Crippen LogP contribution < -0.4 is 24.2 Å². The SMILES string of the molecule is COCC(OC)c1cc(OC)c(S(=O)(=O)Nc2noc3cc(Nc4cc(C5CC5)[nH]n4)c(OC)cc23)c(OC)c1. The Kier molecular flexibility index (Phi) is 7.74. The minimum Gasteiger partial charge on any atom is -0.495 e. The monoisotopic (exact) mass is 573 g/mol. The maximum absolute atomic E-state index is 13.6. The molecule has 13 nitrogen and oxygen atoms in total. The summed E-state index contributed by atoms with van der Waals surface area (Å²) >= 11 is 0. The number of ether oxygens (including phenoxy) is 5. The lowest BCUT2D eigenvalue weighted by atomic mass is 10.1. The zero-order valence-electron chi connectivity index (χ0n) is 22.7. The smallest absolute Gasteiger partial charge is 0.270 e. The van der Waals surface area contributed by atoms with E-state index < -0.39 is 16.1 Å². The molecule has 1 saturated carbocycles. The van der Waals surface area contributed by atoms with Crippen LogP contribution in [0.4, 0.5) is 17.3 Å². The summed E-state index contributed by atoms with van der Waals surface area (Å²) < 4.78 is 62.4. The van der Waals surface area contributed by atoms with Gasteiger partial charge in [0.1, 0.15) is 23.4 Å². The number of methoxy groups -OCH3 is 5. The average Bonchev–Trinajstić information content (AvgIpc) is 3.59. The van der Waals surface area contributed by atoms with Crippen LogP contribution in [-0.4, -0.2) is 65.9 Å². The molecule has 1 aliphatic carbocycles. The Morgan fingerprint density at radius 3 is 2.30 bits per heavy atom. The first-order chi connectivity index (χ1) is 19.3. The number of anilines is 3. The highest BCUT2D eigenvalue weighted by molar-refractivity contribution is 7.93. The molecule has 14 heteroatoms. The normalized spacial score (nSPS) is 14.2. The minimum absolute atomic E-state index is 0.0297. The number of hydrogen-bond acceptors (Lipinski definition) is 11. The van der Waals surface area contributed by atoms with E-state index >= 15 is 0 Å². The molecule has 0 aliphatic heterocycles. The van der Waals surface area contributed by atoms with Gasteiger partial charge in [-0.15, -0.1) is 0 Å². The largest absolute Gasteiger partial charge is 0.495 e. The van der Waals surface area contributed by atoms with Crippen molar-refractivity contribution in [3.63, 3.8) is 0 Å². The molecule has 0 amide bonds. The average molecular weight is 574 g/mol. The summed E-state index contributed by atoms with van der Waals surface area (Å²) in [5, 5.41) is 14.9. The molecule has 1 atom stereocenters. The molecule has 0 radical (unpaired) electrons. The fourth-order valence-corrected chi connectivity index (χ4v) is 5.75. The number of rotatable bonds is 13. The fourth-order valence-electron chi connectivity index (χ4n) is 4.43. The summed E-state index contributed by atoms with van der Waals surface area (Å²) in [6, 6.07) is 8.39. The zero-order valence-corrected chi connectivity index (χ0v) is 23.5. The number of fused-ring (bicyclic) bond motifs is 1. The van der Waals surface area contributed by atoms with Gasteiger partial charge >= 0.3 is 0 Å². The van der Waals surface area contributed by atoms with Crippen molar-refractivity contribution >= 4 is 38.3 Å². The molecular weight excluding hydrogens is 542 g/mol. The van der Waals surface area contributed by atoms with Crippen molar-refractivity contribution in [3.8, 4) is 17.2 Å². The van der Waals surface area contributed by atoms with Crippen molar-refractivity contribution in [3.05, 3.63) is 41.6 Å². The summed E-state index contributed by atoms with van der Waals surface area (Å²) in [5.74, 6) is 1.68. The lowest BCUT2D eigenvalue weighted by Crippen LogP contribution is -2.17. The van der Waals surface area contributed by atoms with E-state index in [9.17, 15) is 8.42 Å². The summed E-state index contributed by atoms with van der Waals surface area (Å²) in [6.45, 7) is 0.249. The number of nitrogens with one attached hydrogen (secondary N) is 3. The second-order valence-corrected chi connectivity index (χ2v) is 10.8. The predicted molar refractivity (Wildman–Crippen MR) is 146 cm³/mol. The quantitative estimate of drug-likeness (QED) is 0.209. The number of aromatic nitrogens is 3. The standard InChI is InChI=1S/C26H31N5O8S/c1-34-13-23(38-5)15-8-21(36-3)25(22(9-15)37-4)40(32,33)31-26-16-10-20(35-2)18(11-19(16)39-30-26)27-24-12-17(28-29-24)14-6-7-14/h8-12,14,23H,6-7,13H2,1-5H3,(H,30,31)(H2,27,28,29). The molecule has 1 aliphatic rings. The van der Waals surface area contributed by atoms with E-state index in [1.165, 1.54) is 28.4 Å². The van der Waals surface area contributed by atoms with Crippen molar-refractivity contribution in [1.29, 1.82) is 0 Å². The fraction of sp³-hybridized carbons (Fsp3) is 0.385.